The highest BCUT2D eigenvalue weighted by molar-refractivity contribution is 5.40. The van der Waals surface area contributed by atoms with E-state index in [9.17, 15) is 0 Å². The average molecular weight is 258 g/mol. The minimum atomic E-state index is 0.326. The molecule has 2 N–H and O–H groups in total. The Balaban J connectivity index is 1.78. The van der Waals surface area contributed by atoms with Crippen LogP contribution in [0, 0.1) is 0 Å². The maximum absolute atomic E-state index is 5.45. The first-order valence-electron chi connectivity index (χ1n) is 5.54. The molecule has 9 nitrogen and oxygen atoms in total. The summed E-state index contributed by atoms with van der Waals surface area (Å²) in [5.74, 6) is 1.16. The van der Waals surface area contributed by atoms with Crippen molar-refractivity contribution < 1.29 is 4.52 Å². The second-order valence-electron chi connectivity index (χ2n) is 3.70. The summed E-state index contributed by atoms with van der Waals surface area (Å²) in [6.45, 7) is 0.666. The van der Waals surface area contributed by atoms with Gasteiger partial charge in [-0.05, 0) is 6.07 Å². The first-order chi connectivity index (χ1) is 9.35. The molecule has 0 bridgehead atoms. The molecule has 0 saturated carbocycles. The van der Waals surface area contributed by atoms with Crippen molar-refractivity contribution in [2.45, 2.75) is 13.1 Å². The maximum atomic E-state index is 5.45. The number of aromatic nitrogens is 7. The van der Waals surface area contributed by atoms with Gasteiger partial charge in [-0.1, -0.05) is 10.4 Å². The molecule has 3 aromatic rings. The van der Waals surface area contributed by atoms with Gasteiger partial charge in [-0.2, -0.15) is 4.98 Å². The normalized spacial score (nSPS) is 10.8. The van der Waals surface area contributed by atoms with E-state index in [-0.39, 0.29) is 0 Å². The molecule has 0 fully saturated rings. The molecule has 3 heterocycles. The molecule has 19 heavy (non-hydrogen) atoms. The summed E-state index contributed by atoms with van der Waals surface area (Å²) >= 11 is 0. The molecule has 0 aliphatic carbocycles. The third kappa shape index (κ3) is 2.45. The van der Waals surface area contributed by atoms with Gasteiger partial charge in [-0.15, -0.1) is 5.10 Å². The molecule has 9 heteroatoms. The molecule has 0 unspecified atom stereocenters. The van der Waals surface area contributed by atoms with Gasteiger partial charge >= 0.3 is 0 Å². The average Bonchev–Trinajstić information content (AvgIpc) is 3.09. The Hall–Kier alpha value is -2.68. The number of hydrogen-bond acceptors (Lipinski definition) is 8. The topological polar surface area (TPSA) is 121 Å². The predicted octanol–water partition coefficient (Wildman–Crippen LogP) is -0.375. The van der Waals surface area contributed by atoms with Crippen molar-refractivity contribution in [3.63, 3.8) is 0 Å². The zero-order valence-corrected chi connectivity index (χ0v) is 9.84. The Morgan fingerprint density at radius 3 is 2.79 bits per heavy atom. The molecule has 0 radical (unpaired) electrons. The van der Waals surface area contributed by atoms with Crippen molar-refractivity contribution in [3.05, 3.63) is 36.2 Å². The summed E-state index contributed by atoms with van der Waals surface area (Å²) in [5.41, 5.74) is 6.15. The fraction of sp³-hybridized carbons (Fsp3) is 0.200. The van der Waals surface area contributed by atoms with Gasteiger partial charge in [0.2, 0.25) is 17.5 Å². The minimum Gasteiger partial charge on any atom is -0.337 e. The summed E-state index contributed by atoms with van der Waals surface area (Å²) < 4.78 is 6.68. The highest BCUT2D eigenvalue weighted by Crippen LogP contribution is 2.09. The summed E-state index contributed by atoms with van der Waals surface area (Å²) in [6.07, 6.45) is 4.95. The predicted molar refractivity (Wildman–Crippen MR) is 62.3 cm³/mol. The lowest BCUT2D eigenvalue weighted by molar-refractivity contribution is 0.364. The molecule has 3 rings (SSSR count). The van der Waals surface area contributed by atoms with E-state index in [0.717, 1.165) is 0 Å². The lowest BCUT2D eigenvalue weighted by Gasteiger charge is -1.92. The molecule has 0 spiro atoms. The van der Waals surface area contributed by atoms with Crippen molar-refractivity contribution in [1.82, 2.24) is 35.1 Å². The zero-order chi connectivity index (χ0) is 13.1. The van der Waals surface area contributed by atoms with Crippen LogP contribution in [0.2, 0.25) is 0 Å². The molecule has 0 aliphatic heterocycles. The van der Waals surface area contributed by atoms with Crippen LogP contribution in [0.1, 0.15) is 11.6 Å². The van der Waals surface area contributed by atoms with E-state index < -0.39 is 0 Å². The summed E-state index contributed by atoms with van der Waals surface area (Å²) in [5, 5.41) is 11.6. The summed E-state index contributed by atoms with van der Waals surface area (Å²) in [4.78, 5) is 12.3. The van der Waals surface area contributed by atoms with Gasteiger partial charge in [-0.3, -0.25) is 0 Å². The Labute approximate surface area is 107 Å². The molecule has 0 saturated heterocycles. The number of hydrogen-bond donors (Lipinski definition) is 1. The highest BCUT2D eigenvalue weighted by Gasteiger charge is 2.11. The van der Waals surface area contributed by atoms with Crippen LogP contribution in [0.3, 0.4) is 0 Å². The van der Waals surface area contributed by atoms with E-state index in [1.807, 2.05) is 0 Å². The fourth-order valence-electron chi connectivity index (χ4n) is 1.47. The standard InChI is InChI=1S/C10H10N8O/c11-4-7-5-18(17-15-7)6-8-14-10(16-19-8)9-12-2-1-3-13-9/h1-3,5H,4,6,11H2. The third-order valence-corrected chi connectivity index (χ3v) is 2.33. The molecule has 0 amide bonds. The van der Waals surface area contributed by atoms with Crippen LogP contribution >= 0.6 is 0 Å². The van der Waals surface area contributed by atoms with Crippen LogP contribution in [0.25, 0.3) is 11.6 Å². The molecular weight excluding hydrogens is 248 g/mol. The van der Waals surface area contributed by atoms with Crippen LogP contribution in [0.4, 0.5) is 0 Å². The Kier molecular flexibility index (Phi) is 2.94. The Morgan fingerprint density at radius 2 is 2.05 bits per heavy atom. The molecular formula is C10H10N8O. The lowest BCUT2D eigenvalue weighted by Crippen LogP contribution is -2.01. The highest BCUT2D eigenvalue weighted by atomic mass is 16.5. The molecule has 0 atom stereocenters. The van der Waals surface area contributed by atoms with E-state index in [0.29, 0.717) is 36.3 Å². The largest absolute Gasteiger partial charge is 0.337 e. The van der Waals surface area contributed by atoms with Crippen molar-refractivity contribution in [3.8, 4) is 11.6 Å². The number of nitrogens with zero attached hydrogens (tertiary/aromatic N) is 7. The summed E-state index contributed by atoms with van der Waals surface area (Å²) in [6, 6.07) is 1.72. The van der Waals surface area contributed by atoms with E-state index in [1.54, 1.807) is 29.3 Å². The van der Waals surface area contributed by atoms with Gasteiger partial charge in [0.05, 0.1) is 11.9 Å². The van der Waals surface area contributed by atoms with Crippen molar-refractivity contribution in [2.24, 2.45) is 5.73 Å². The smallest absolute Gasteiger partial charge is 0.248 e. The van der Waals surface area contributed by atoms with E-state index in [2.05, 4.69) is 30.4 Å². The van der Waals surface area contributed by atoms with Crippen molar-refractivity contribution in [1.29, 1.82) is 0 Å². The summed E-state index contributed by atoms with van der Waals surface area (Å²) in [7, 11) is 0. The zero-order valence-electron chi connectivity index (χ0n) is 9.84. The van der Waals surface area contributed by atoms with Gasteiger partial charge in [0.15, 0.2) is 0 Å². The van der Waals surface area contributed by atoms with E-state index in [4.69, 9.17) is 10.3 Å². The van der Waals surface area contributed by atoms with Gasteiger partial charge < -0.3 is 10.3 Å². The van der Waals surface area contributed by atoms with Crippen LogP contribution in [0.5, 0.6) is 0 Å². The Bertz CT molecular complexity index is 661. The molecule has 96 valence electrons. The van der Waals surface area contributed by atoms with Gasteiger partial charge in [-0.25, -0.2) is 14.6 Å². The van der Waals surface area contributed by atoms with E-state index in [1.165, 1.54) is 0 Å². The quantitative estimate of drug-likeness (QED) is 0.672. The van der Waals surface area contributed by atoms with Gasteiger partial charge in [0.25, 0.3) is 0 Å². The second-order valence-corrected chi connectivity index (χ2v) is 3.70. The Morgan fingerprint density at radius 1 is 1.21 bits per heavy atom. The third-order valence-electron chi connectivity index (χ3n) is 2.33. The van der Waals surface area contributed by atoms with Crippen LogP contribution < -0.4 is 5.73 Å². The molecule has 0 aromatic carbocycles. The second kappa shape index (κ2) is 4.90. The maximum Gasteiger partial charge on any atom is 0.248 e. The van der Waals surface area contributed by atoms with E-state index >= 15 is 0 Å². The van der Waals surface area contributed by atoms with Crippen molar-refractivity contribution in [2.75, 3.05) is 0 Å². The van der Waals surface area contributed by atoms with Gasteiger partial charge in [0, 0.05) is 18.9 Å². The minimum absolute atomic E-state index is 0.326. The fourth-order valence-corrected chi connectivity index (χ4v) is 1.47. The van der Waals surface area contributed by atoms with Crippen LogP contribution in [0.15, 0.2) is 29.2 Å². The molecule has 0 aliphatic rings. The van der Waals surface area contributed by atoms with Crippen LogP contribution in [-0.2, 0) is 13.1 Å². The first-order valence-corrected chi connectivity index (χ1v) is 5.54. The van der Waals surface area contributed by atoms with Crippen molar-refractivity contribution >= 4 is 0 Å². The SMILES string of the molecule is NCc1cn(Cc2nc(-c3ncccn3)no2)nn1. The molecule has 3 aromatic heterocycles. The number of rotatable bonds is 4. The van der Waals surface area contributed by atoms with Crippen LogP contribution in [-0.4, -0.2) is 35.1 Å². The number of nitrogens with two attached hydrogens (primary N) is 1. The first kappa shape index (κ1) is 11.4. The lowest BCUT2D eigenvalue weighted by atomic mass is 10.5. The monoisotopic (exact) mass is 258 g/mol. The van der Waals surface area contributed by atoms with Gasteiger partial charge in [0.1, 0.15) is 6.54 Å².